The molecule has 1 aromatic carbocycles. The van der Waals surface area contributed by atoms with E-state index in [-0.39, 0.29) is 5.75 Å². The SMILES string of the molecule is CN(C)c1ccc2[nH]c(-c3ccc(F)cc3O)nc2n1. The number of phenolic OH excluding ortho intramolecular Hbond substituents is 1. The monoisotopic (exact) mass is 272 g/mol. The van der Waals surface area contributed by atoms with Crippen LogP contribution in [0.5, 0.6) is 5.75 Å². The summed E-state index contributed by atoms with van der Waals surface area (Å²) in [7, 11) is 3.79. The number of imidazole rings is 1. The first-order valence-corrected chi connectivity index (χ1v) is 6.07. The van der Waals surface area contributed by atoms with Crippen LogP contribution in [0.2, 0.25) is 0 Å². The molecule has 5 nitrogen and oxygen atoms in total. The number of nitrogens with one attached hydrogen (secondary N) is 1. The first kappa shape index (κ1) is 12.4. The zero-order chi connectivity index (χ0) is 14.3. The van der Waals surface area contributed by atoms with E-state index in [2.05, 4.69) is 15.0 Å². The molecule has 0 amide bonds. The fourth-order valence-corrected chi connectivity index (χ4v) is 1.96. The first-order valence-electron chi connectivity index (χ1n) is 6.07. The quantitative estimate of drug-likeness (QED) is 0.752. The Morgan fingerprint density at radius 1 is 1.15 bits per heavy atom. The Kier molecular flexibility index (Phi) is 2.78. The lowest BCUT2D eigenvalue weighted by Gasteiger charge is -2.09. The maximum atomic E-state index is 13.0. The zero-order valence-electron chi connectivity index (χ0n) is 11.1. The molecule has 0 radical (unpaired) electrons. The van der Waals surface area contributed by atoms with Gasteiger partial charge in [-0.3, -0.25) is 0 Å². The summed E-state index contributed by atoms with van der Waals surface area (Å²) in [5.41, 5.74) is 1.75. The van der Waals surface area contributed by atoms with Gasteiger partial charge in [0.1, 0.15) is 23.2 Å². The Morgan fingerprint density at radius 3 is 2.65 bits per heavy atom. The number of pyridine rings is 1. The van der Waals surface area contributed by atoms with Gasteiger partial charge in [0, 0.05) is 20.2 Å². The maximum Gasteiger partial charge on any atom is 0.180 e. The molecule has 0 atom stereocenters. The van der Waals surface area contributed by atoms with Crippen molar-refractivity contribution in [1.82, 2.24) is 15.0 Å². The van der Waals surface area contributed by atoms with E-state index in [0.29, 0.717) is 17.0 Å². The molecule has 2 heterocycles. The van der Waals surface area contributed by atoms with Crippen molar-refractivity contribution in [3.8, 4) is 17.1 Å². The van der Waals surface area contributed by atoms with Crippen molar-refractivity contribution >= 4 is 17.0 Å². The summed E-state index contributed by atoms with van der Waals surface area (Å²) < 4.78 is 13.0. The summed E-state index contributed by atoms with van der Waals surface area (Å²) in [5.74, 6) is 0.604. The maximum absolute atomic E-state index is 13.0. The number of nitrogens with zero attached hydrogens (tertiary/aromatic N) is 3. The van der Waals surface area contributed by atoms with E-state index in [4.69, 9.17) is 0 Å². The number of aromatic nitrogens is 3. The van der Waals surface area contributed by atoms with Gasteiger partial charge in [-0.05, 0) is 24.3 Å². The molecule has 0 bridgehead atoms. The molecule has 0 aliphatic rings. The molecule has 3 aromatic rings. The molecular weight excluding hydrogens is 259 g/mol. The van der Waals surface area contributed by atoms with Gasteiger partial charge in [-0.25, -0.2) is 14.4 Å². The molecule has 2 N–H and O–H groups in total. The summed E-state index contributed by atoms with van der Waals surface area (Å²) in [6.07, 6.45) is 0. The van der Waals surface area contributed by atoms with E-state index in [0.717, 1.165) is 17.4 Å². The normalized spacial score (nSPS) is 10.9. The predicted octanol–water partition coefficient (Wildman–Crippen LogP) is 2.54. The highest BCUT2D eigenvalue weighted by molar-refractivity contribution is 5.79. The van der Waals surface area contributed by atoms with E-state index in [1.807, 2.05) is 31.1 Å². The number of halogens is 1. The van der Waals surface area contributed by atoms with E-state index in [1.165, 1.54) is 12.1 Å². The van der Waals surface area contributed by atoms with Crippen LogP contribution in [0.15, 0.2) is 30.3 Å². The minimum Gasteiger partial charge on any atom is -0.507 e. The molecule has 3 rings (SSSR count). The first-order chi connectivity index (χ1) is 9.54. The van der Waals surface area contributed by atoms with Gasteiger partial charge in [0.15, 0.2) is 5.65 Å². The second kappa shape index (κ2) is 4.48. The van der Waals surface area contributed by atoms with Crippen molar-refractivity contribution in [3.05, 3.63) is 36.1 Å². The lowest BCUT2D eigenvalue weighted by molar-refractivity contribution is 0.471. The van der Waals surface area contributed by atoms with Gasteiger partial charge in [-0.15, -0.1) is 0 Å². The third-order valence-corrected chi connectivity index (χ3v) is 3.00. The van der Waals surface area contributed by atoms with Crippen LogP contribution in [0.25, 0.3) is 22.6 Å². The smallest absolute Gasteiger partial charge is 0.180 e. The number of hydrogen-bond acceptors (Lipinski definition) is 4. The average molecular weight is 272 g/mol. The Bertz CT molecular complexity index is 782. The van der Waals surface area contributed by atoms with Gasteiger partial charge in [0.05, 0.1) is 11.1 Å². The van der Waals surface area contributed by atoms with Crippen LogP contribution in [-0.2, 0) is 0 Å². The molecule has 0 spiro atoms. The highest BCUT2D eigenvalue weighted by Gasteiger charge is 2.11. The van der Waals surface area contributed by atoms with Crippen molar-refractivity contribution in [3.63, 3.8) is 0 Å². The van der Waals surface area contributed by atoms with Crippen molar-refractivity contribution in [1.29, 1.82) is 0 Å². The molecule has 0 saturated heterocycles. The summed E-state index contributed by atoms with van der Waals surface area (Å²) >= 11 is 0. The van der Waals surface area contributed by atoms with Gasteiger partial charge in [0.2, 0.25) is 0 Å². The molecule has 0 unspecified atom stereocenters. The highest BCUT2D eigenvalue weighted by Crippen LogP contribution is 2.29. The van der Waals surface area contributed by atoms with Crippen LogP contribution in [0.4, 0.5) is 10.2 Å². The molecule has 0 fully saturated rings. The van der Waals surface area contributed by atoms with E-state index in [9.17, 15) is 9.50 Å². The number of rotatable bonds is 2. The number of anilines is 1. The minimum absolute atomic E-state index is 0.156. The van der Waals surface area contributed by atoms with Gasteiger partial charge in [-0.2, -0.15) is 0 Å². The molecule has 0 aliphatic heterocycles. The number of H-pyrrole nitrogens is 1. The van der Waals surface area contributed by atoms with Crippen LogP contribution in [0.1, 0.15) is 0 Å². The molecule has 6 heteroatoms. The third kappa shape index (κ3) is 2.05. The van der Waals surface area contributed by atoms with Crippen LogP contribution < -0.4 is 4.90 Å². The molecule has 0 aliphatic carbocycles. The van der Waals surface area contributed by atoms with E-state index >= 15 is 0 Å². The van der Waals surface area contributed by atoms with Gasteiger partial charge < -0.3 is 15.0 Å². The van der Waals surface area contributed by atoms with Crippen LogP contribution in [-0.4, -0.2) is 34.2 Å². The number of aromatic amines is 1. The van der Waals surface area contributed by atoms with Crippen LogP contribution in [0.3, 0.4) is 0 Å². The lowest BCUT2D eigenvalue weighted by atomic mass is 10.2. The number of aromatic hydroxyl groups is 1. The summed E-state index contributed by atoms with van der Waals surface area (Å²) in [4.78, 5) is 13.7. The summed E-state index contributed by atoms with van der Waals surface area (Å²) in [6.45, 7) is 0. The molecular formula is C14H13FN4O. The molecule has 2 aromatic heterocycles. The van der Waals surface area contributed by atoms with E-state index < -0.39 is 5.82 Å². The summed E-state index contributed by atoms with van der Waals surface area (Å²) in [6, 6.07) is 7.56. The van der Waals surface area contributed by atoms with Gasteiger partial charge in [-0.1, -0.05) is 0 Å². The molecule has 0 saturated carbocycles. The van der Waals surface area contributed by atoms with E-state index in [1.54, 1.807) is 0 Å². The predicted molar refractivity (Wildman–Crippen MR) is 75.3 cm³/mol. The Balaban J connectivity index is 2.13. The van der Waals surface area contributed by atoms with Crippen LogP contribution in [0, 0.1) is 5.82 Å². The minimum atomic E-state index is -0.490. The fraction of sp³-hybridized carbons (Fsp3) is 0.143. The second-order valence-electron chi connectivity index (χ2n) is 4.68. The number of hydrogen-bond donors (Lipinski definition) is 2. The zero-order valence-corrected chi connectivity index (χ0v) is 11.1. The topological polar surface area (TPSA) is 65.0 Å². The van der Waals surface area contributed by atoms with Crippen molar-refractivity contribution in [2.75, 3.05) is 19.0 Å². The second-order valence-corrected chi connectivity index (χ2v) is 4.68. The standard InChI is InChI=1S/C14H13FN4O/c1-19(2)12-6-5-10-14(17-12)18-13(16-10)9-4-3-8(15)7-11(9)20/h3-7,20H,1-2H3,(H,16,17,18). The van der Waals surface area contributed by atoms with Crippen molar-refractivity contribution in [2.24, 2.45) is 0 Å². The number of benzene rings is 1. The van der Waals surface area contributed by atoms with Crippen molar-refractivity contribution < 1.29 is 9.50 Å². The van der Waals surface area contributed by atoms with Crippen LogP contribution >= 0.6 is 0 Å². The van der Waals surface area contributed by atoms with Gasteiger partial charge in [0.25, 0.3) is 0 Å². The highest BCUT2D eigenvalue weighted by atomic mass is 19.1. The largest absolute Gasteiger partial charge is 0.507 e. The number of phenols is 1. The Hall–Kier alpha value is -2.63. The Morgan fingerprint density at radius 2 is 1.95 bits per heavy atom. The molecule has 102 valence electrons. The van der Waals surface area contributed by atoms with Crippen molar-refractivity contribution in [2.45, 2.75) is 0 Å². The average Bonchev–Trinajstić information content (AvgIpc) is 2.80. The van der Waals surface area contributed by atoms with Gasteiger partial charge >= 0.3 is 0 Å². The third-order valence-electron chi connectivity index (χ3n) is 3.00. The fourth-order valence-electron chi connectivity index (χ4n) is 1.96. The molecule has 20 heavy (non-hydrogen) atoms. The number of fused-ring (bicyclic) bond motifs is 1. The Labute approximate surface area is 114 Å². The lowest BCUT2D eigenvalue weighted by Crippen LogP contribution is -2.10. The summed E-state index contributed by atoms with van der Waals surface area (Å²) in [5, 5.41) is 9.78.